The van der Waals surface area contributed by atoms with Gasteiger partial charge in [0.05, 0.1) is 16.7 Å². The molecule has 0 N–H and O–H groups in total. The average Bonchev–Trinajstić information content (AvgIpc) is 3.83. The molecule has 0 fully saturated rings. The summed E-state index contributed by atoms with van der Waals surface area (Å²) >= 11 is 3.75. The summed E-state index contributed by atoms with van der Waals surface area (Å²) in [7, 11) is 0. The van der Waals surface area contributed by atoms with Gasteiger partial charge in [-0.3, -0.25) is 0 Å². The molecule has 3 heterocycles. The molecule has 50 heavy (non-hydrogen) atoms. The lowest BCUT2D eigenvalue weighted by Crippen LogP contribution is -2.10. The number of anilines is 3. The molecule has 0 bridgehead atoms. The van der Waals surface area contributed by atoms with Crippen molar-refractivity contribution in [3.63, 3.8) is 0 Å². The molecule has 0 unspecified atom stereocenters. The molecule has 0 saturated heterocycles. The normalized spacial score (nSPS) is 12.0. The first-order valence-electron chi connectivity index (χ1n) is 16.9. The van der Waals surface area contributed by atoms with Crippen molar-refractivity contribution < 1.29 is 0 Å². The molecule has 8 aromatic carbocycles. The molecular formula is C46H28N2S2. The molecule has 0 atom stereocenters. The lowest BCUT2D eigenvalue weighted by Gasteiger charge is -2.27. The fraction of sp³-hybridized carbons (Fsp3) is 0. The largest absolute Gasteiger partial charge is 0.310 e. The van der Waals surface area contributed by atoms with E-state index in [1.165, 1.54) is 78.6 Å². The molecule has 0 aliphatic heterocycles. The van der Waals surface area contributed by atoms with E-state index in [-0.39, 0.29) is 0 Å². The Morgan fingerprint density at radius 1 is 0.380 bits per heavy atom. The van der Waals surface area contributed by atoms with Crippen molar-refractivity contribution in [2.24, 2.45) is 0 Å². The molecule has 11 aromatic rings. The van der Waals surface area contributed by atoms with Gasteiger partial charge in [0, 0.05) is 68.2 Å². The van der Waals surface area contributed by atoms with Crippen LogP contribution >= 0.6 is 22.7 Å². The third kappa shape index (κ3) is 4.13. The summed E-state index contributed by atoms with van der Waals surface area (Å²) in [5, 5.41) is 10.3. The Bertz CT molecular complexity index is 3110. The van der Waals surface area contributed by atoms with Gasteiger partial charge < -0.3 is 9.47 Å². The van der Waals surface area contributed by atoms with Gasteiger partial charge in [0.25, 0.3) is 0 Å². The van der Waals surface area contributed by atoms with E-state index in [4.69, 9.17) is 0 Å². The number of rotatable bonds is 4. The maximum absolute atomic E-state index is 2.49. The maximum atomic E-state index is 2.49. The highest BCUT2D eigenvalue weighted by atomic mass is 32.1. The predicted molar refractivity (Wildman–Crippen MR) is 219 cm³/mol. The third-order valence-electron chi connectivity index (χ3n) is 10.1. The Labute approximate surface area is 296 Å². The van der Waals surface area contributed by atoms with E-state index in [1.807, 2.05) is 22.7 Å². The average molecular weight is 673 g/mol. The zero-order chi connectivity index (χ0) is 32.8. The van der Waals surface area contributed by atoms with Crippen LogP contribution in [0.5, 0.6) is 0 Å². The molecule has 0 aliphatic rings. The number of aromatic nitrogens is 1. The fourth-order valence-electron chi connectivity index (χ4n) is 7.91. The lowest BCUT2D eigenvalue weighted by atomic mass is 10.0. The molecule has 3 aromatic heterocycles. The third-order valence-corrected chi connectivity index (χ3v) is 12.4. The highest BCUT2D eigenvalue weighted by Gasteiger charge is 2.22. The molecular weight excluding hydrogens is 645 g/mol. The van der Waals surface area contributed by atoms with Gasteiger partial charge in [-0.25, -0.2) is 0 Å². The molecule has 0 spiro atoms. The minimum Gasteiger partial charge on any atom is -0.310 e. The van der Waals surface area contributed by atoms with Gasteiger partial charge in [0.1, 0.15) is 0 Å². The Hall–Kier alpha value is -5.94. The van der Waals surface area contributed by atoms with Crippen LogP contribution in [0.15, 0.2) is 170 Å². The zero-order valence-electron chi connectivity index (χ0n) is 26.9. The monoisotopic (exact) mass is 672 g/mol. The van der Waals surface area contributed by atoms with Crippen LogP contribution in [0.25, 0.3) is 78.6 Å². The van der Waals surface area contributed by atoms with Crippen molar-refractivity contribution in [1.29, 1.82) is 0 Å². The van der Waals surface area contributed by atoms with Crippen molar-refractivity contribution in [2.75, 3.05) is 4.90 Å². The van der Waals surface area contributed by atoms with E-state index in [0.717, 1.165) is 17.1 Å². The number of para-hydroxylation sites is 2. The maximum Gasteiger partial charge on any atom is 0.0561 e. The van der Waals surface area contributed by atoms with Crippen LogP contribution in [-0.2, 0) is 0 Å². The number of thiophene rings is 2. The molecule has 2 nitrogen and oxygen atoms in total. The first-order valence-corrected chi connectivity index (χ1v) is 18.6. The van der Waals surface area contributed by atoms with Crippen LogP contribution in [0.2, 0.25) is 0 Å². The van der Waals surface area contributed by atoms with Crippen molar-refractivity contribution in [3.8, 4) is 5.69 Å². The fourth-order valence-corrected chi connectivity index (χ4v) is 10.2. The topological polar surface area (TPSA) is 8.17 Å². The van der Waals surface area contributed by atoms with Crippen molar-refractivity contribution >= 4 is 113 Å². The summed E-state index contributed by atoms with van der Waals surface area (Å²) < 4.78 is 7.62. The van der Waals surface area contributed by atoms with Gasteiger partial charge >= 0.3 is 0 Å². The van der Waals surface area contributed by atoms with E-state index in [2.05, 4.69) is 179 Å². The molecule has 234 valence electrons. The Morgan fingerprint density at radius 3 is 1.88 bits per heavy atom. The molecule has 11 rings (SSSR count). The quantitative estimate of drug-likeness (QED) is 0.181. The summed E-state index contributed by atoms with van der Waals surface area (Å²) in [5.41, 5.74) is 7.03. The second kappa shape index (κ2) is 10.8. The van der Waals surface area contributed by atoms with E-state index in [0.29, 0.717) is 0 Å². The first kappa shape index (κ1) is 28.0. The molecule has 0 radical (unpaired) electrons. The minimum atomic E-state index is 1.13. The second-order valence-corrected chi connectivity index (χ2v) is 15.1. The van der Waals surface area contributed by atoms with Gasteiger partial charge in [0.15, 0.2) is 0 Å². The van der Waals surface area contributed by atoms with E-state index >= 15 is 0 Å². The molecule has 0 saturated carbocycles. The summed E-state index contributed by atoms with van der Waals surface area (Å²) in [6.07, 6.45) is 0. The Balaban J connectivity index is 1.23. The van der Waals surface area contributed by atoms with E-state index < -0.39 is 0 Å². The molecule has 0 aliphatic carbocycles. The van der Waals surface area contributed by atoms with Crippen LogP contribution < -0.4 is 4.90 Å². The molecule has 4 heteroatoms. The van der Waals surface area contributed by atoms with Gasteiger partial charge in [-0.05, 0) is 83.6 Å². The van der Waals surface area contributed by atoms with Gasteiger partial charge in [-0.1, -0.05) is 97.1 Å². The van der Waals surface area contributed by atoms with Crippen LogP contribution in [0.3, 0.4) is 0 Å². The summed E-state index contributed by atoms with van der Waals surface area (Å²) in [6.45, 7) is 0. The van der Waals surface area contributed by atoms with Crippen LogP contribution in [0.4, 0.5) is 17.1 Å². The zero-order valence-corrected chi connectivity index (χ0v) is 28.5. The number of benzene rings is 8. The number of nitrogens with zero attached hydrogens (tertiary/aromatic N) is 2. The standard InChI is InChI=1S/C46H28N2S2/c1-2-13-31(14-3-1)48-39-17-8-6-15-34(39)35-23-21-32(27-41(35)48)47(33-22-24-37-36-16-7-9-19-42(36)49-45(37)28-33)40-18-10-20-43-46(40)38-25-29-11-4-5-12-30(29)26-44(38)50-43/h1-28H. The van der Waals surface area contributed by atoms with Gasteiger partial charge in [0.2, 0.25) is 0 Å². The van der Waals surface area contributed by atoms with Crippen molar-refractivity contribution in [1.82, 2.24) is 4.57 Å². The molecule has 0 amide bonds. The second-order valence-electron chi connectivity index (χ2n) is 13.0. The van der Waals surface area contributed by atoms with Gasteiger partial charge in [-0.15, -0.1) is 22.7 Å². The smallest absolute Gasteiger partial charge is 0.0561 e. The number of hydrogen-bond donors (Lipinski definition) is 0. The SMILES string of the molecule is c1ccc(-n2c3ccccc3c3ccc(N(c4ccc5c(c4)sc4ccccc45)c4cccc5sc6cc7ccccc7cc6c45)cc32)cc1. The summed E-state index contributed by atoms with van der Waals surface area (Å²) in [6, 6.07) is 62.5. The Morgan fingerprint density at radius 2 is 1.00 bits per heavy atom. The van der Waals surface area contributed by atoms with Crippen molar-refractivity contribution in [3.05, 3.63) is 170 Å². The number of fused-ring (bicyclic) bond motifs is 10. The Kier molecular flexibility index (Phi) is 6.03. The van der Waals surface area contributed by atoms with Crippen molar-refractivity contribution in [2.45, 2.75) is 0 Å². The summed E-state index contributed by atoms with van der Waals surface area (Å²) in [4.78, 5) is 2.49. The summed E-state index contributed by atoms with van der Waals surface area (Å²) in [5.74, 6) is 0. The predicted octanol–water partition coefficient (Wildman–Crippen LogP) is 14.1. The lowest BCUT2D eigenvalue weighted by molar-refractivity contribution is 1.18. The van der Waals surface area contributed by atoms with Crippen LogP contribution in [0, 0.1) is 0 Å². The number of hydrogen-bond acceptors (Lipinski definition) is 3. The van der Waals surface area contributed by atoms with Crippen LogP contribution in [-0.4, -0.2) is 4.57 Å². The highest BCUT2D eigenvalue weighted by Crippen LogP contribution is 2.48. The first-order chi connectivity index (χ1) is 24.8. The van der Waals surface area contributed by atoms with E-state index in [9.17, 15) is 0 Å². The van der Waals surface area contributed by atoms with Gasteiger partial charge in [-0.2, -0.15) is 0 Å². The highest BCUT2D eigenvalue weighted by molar-refractivity contribution is 7.26. The minimum absolute atomic E-state index is 1.13. The van der Waals surface area contributed by atoms with Crippen LogP contribution in [0.1, 0.15) is 0 Å². The van der Waals surface area contributed by atoms with E-state index in [1.54, 1.807) is 0 Å².